The van der Waals surface area contributed by atoms with Crippen LogP contribution in [0.3, 0.4) is 0 Å². The maximum absolute atomic E-state index is 13.0. The van der Waals surface area contributed by atoms with E-state index < -0.39 is 22.0 Å². The van der Waals surface area contributed by atoms with Crippen molar-refractivity contribution in [1.29, 1.82) is 0 Å². The lowest BCUT2D eigenvalue weighted by atomic mass is 9.85. The number of aliphatic carboxylic acids is 1. The largest absolute Gasteiger partial charge is 0.480 e. The van der Waals surface area contributed by atoms with Crippen molar-refractivity contribution in [3.8, 4) is 0 Å². The maximum atomic E-state index is 13.0. The smallest absolute Gasteiger partial charge is 0.322 e. The van der Waals surface area contributed by atoms with Gasteiger partial charge in [-0.1, -0.05) is 12.8 Å². The number of hydrogen-bond acceptors (Lipinski definition) is 4. The first kappa shape index (κ1) is 16.0. The van der Waals surface area contributed by atoms with Gasteiger partial charge in [-0.05, 0) is 50.7 Å². The molecular weight excluding hydrogens is 322 g/mol. The van der Waals surface area contributed by atoms with E-state index >= 15 is 0 Å². The van der Waals surface area contributed by atoms with E-state index in [0.717, 1.165) is 36.1 Å². The van der Waals surface area contributed by atoms with Gasteiger partial charge in [-0.3, -0.25) is 4.79 Å². The summed E-state index contributed by atoms with van der Waals surface area (Å²) in [6, 6.07) is 0.605. The lowest BCUT2D eigenvalue weighted by Crippen LogP contribution is -2.45. The molecule has 5 nitrogen and oxygen atoms in total. The molecule has 2 heterocycles. The fraction of sp³-hybridized carbons (Fsp3) is 0.667. The van der Waals surface area contributed by atoms with Crippen LogP contribution in [-0.4, -0.2) is 35.9 Å². The van der Waals surface area contributed by atoms with Crippen molar-refractivity contribution in [2.75, 3.05) is 0 Å². The minimum absolute atomic E-state index is 0.150. The van der Waals surface area contributed by atoms with E-state index in [1.54, 1.807) is 6.07 Å². The SMILES string of the molecule is Cc1cc(S(=O)(=O)N2C(C(=O)O)CC3CCCCC32)sc1C. The van der Waals surface area contributed by atoms with Gasteiger partial charge in [0.05, 0.1) is 0 Å². The Hall–Kier alpha value is -0.920. The minimum atomic E-state index is -3.73. The molecule has 3 rings (SSSR count). The highest BCUT2D eigenvalue weighted by atomic mass is 32.2. The van der Waals surface area contributed by atoms with Crippen LogP contribution in [0.15, 0.2) is 10.3 Å². The van der Waals surface area contributed by atoms with Crippen LogP contribution in [0, 0.1) is 19.8 Å². The number of nitrogens with zero attached hydrogens (tertiary/aromatic N) is 1. The molecule has 0 bridgehead atoms. The number of sulfonamides is 1. The molecule has 1 N–H and O–H groups in total. The molecule has 0 spiro atoms. The highest BCUT2D eigenvalue weighted by molar-refractivity contribution is 7.91. The average molecular weight is 343 g/mol. The van der Waals surface area contributed by atoms with Gasteiger partial charge in [0.15, 0.2) is 0 Å². The summed E-state index contributed by atoms with van der Waals surface area (Å²) in [6.07, 6.45) is 4.20. The van der Waals surface area contributed by atoms with Crippen molar-refractivity contribution < 1.29 is 18.3 Å². The first-order valence-corrected chi connectivity index (χ1v) is 9.91. The fourth-order valence-corrected chi connectivity index (χ4v) is 7.24. The number of carboxylic acid groups (broad SMARTS) is 1. The van der Waals surface area contributed by atoms with Crippen LogP contribution >= 0.6 is 11.3 Å². The summed E-state index contributed by atoms with van der Waals surface area (Å²) < 4.78 is 27.7. The van der Waals surface area contributed by atoms with E-state index in [-0.39, 0.29) is 16.2 Å². The van der Waals surface area contributed by atoms with Crippen molar-refractivity contribution in [3.63, 3.8) is 0 Å². The summed E-state index contributed by atoms with van der Waals surface area (Å²) in [4.78, 5) is 12.6. The molecule has 2 fully saturated rings. The zero-order valence-electron chi connectivity index (χ0n) is 12.8. The highest BCUT2D eigenvalue weighted by Gasteiger charge is 2.51. The number of carboxylic acids is 1. The summed E-state index contributed by atoms with van der Waals surface area (Å²) >= 11 is 1.24. The molecule has 0 aromatic carbocycles. The Morgan fingerprint density at radius 2 is 2.00 bits per heavy atom. The van der Waals surface area contributed by atoms with E-state index in [1.165, 1.54) is 15.6 Å². The number of thiophene rings is 1. The van der Waals surface area contributed by atoms with E-state index in [9.17, 15) is 18.3 Å². The Balaban J connectivity index is 2.03. The molecule has 22 heavy (non-hydrogen) atoms. The van der Waals surface area contributed by atoms with Gasteiger partial charge in [0.1, 0.15) is 10.3 Å². The van der Waals surface area contributed by atoms with Crippen molar-refractivity contribution in [3.05, 3.63) is 16.5 Å². The monoisotopic (exact) mass is 343 g/mol. The molecule has 1 aliphatic carbocycles. The van der Waals surface area contributed by atoms with Gasteiger partial charge in [-0.15, -0.1) is 11.3 Å². The number of hydrogen-bond donors (Lipinski definition) is 1. The first-order valence-electron chi connectivity index (χ1n) is 7.65. The van der Waals surface area contributed by atoms with Crippen molar-refractivity contribution in [1.82, 2.24) is 4.31 Å². The second kappa shape index (κ2) is 5.62. The van der Waals surface area contributed by atoms with Crippen LogP contribution < -0.4 is 0 Å². The van der Waals surface area contributed by atoms with Gasteiger partial charge in [0.25, 0.3) is 10.0 Å². The standard InChI is InChI=1S/C15H21NO4S2/c1-9-7-14(21-10(9)2)22(19,20)16-12-6-4-3-5-11(12)8-13(16)15(17)18/h7,11-13H,3-6,8H2,1-2H3,(H,17,18). The topological polar surface area (TPSA) is 74.7 Å². The van der Waals surface area contributed by atoms with Gasteiger partial charge in [0.2, 0.25) is 0 Å². The van der Waals surface area contributed by atoms with E-state index in [2.05, 4.69) is 0 Å². The fourth-order valence-electron chi connectivity index (χ4n) is 3.75. The molecule has 1 saturated heterocycles. The van der Waals surface area contributed by atoms with Crippen LogP contribution in [0.5, 0.6) is 0 Å². The molecule has 1 aliphatic heterocycles. The Labute approximate surface area is 135 Å². The molecule has 1 saturated carbocycles. The summed E-state index contributed by atoms with van der Waals surface area (Å²) in [7, 11) is -3.73. The van der Waals surface area contributed by atoms with Crippen LogP contribution in [0.4, 0.5) is 0 Å². The lowest BCUT2D eigenvalue weighted by molar-refractivity contribution is -0.140. The van der Waals surface area contributed by atoms with Gasteiger partial charge in [0, 0.05) is 10.9 Å². The zero-order valence-corrected chi connectivity index (χ0v) is 14.4. The van der Waals surface area contributed by atoms with Crippen LogP contribution in [-0.2, 0) is 14.8 Å². The van der Waals surface area contributed by atoms with Crippen LogP contribution in [0.2, 0.25) is 0 Å². The summed E-state index contributed by atoms with van der Waals surface area (Å²) in [6.45, 7) is 3.77. The van der Waals surface area contributed by atoms with E-state index in [4.69, 9.17) is 0 Å². The Bertz CT molecular complexity index is 675. The van der Waals surface area contributed by atoms with Gasteiger partial charge in [-0.25, -0.2) is 8.42 Å². The summed E-state index contributed by atoms with van der Waals surface area (Å²) in [5.41, 5.74) is 0.940. The molecule has 3 unspecified atom stereocenters. The van der Waals surface area contributed by atoms with Gasteiger partial charge < -0.3 is 5.11 Å². The third kappa shape index (κ3) is 2.49. The molecular formula is C15H21NO4S2. The first-order chi connectivity index (χ1) is 10.3. The Morgan fingerprint density at radius 3 is 2.59 bits per heavy atom. The molecule has 1 aromatic heterocycles. The number of carbonyl (C=O) groups is 1. The highest BCUT2D eigenvalue weighted by Crippen LogP contribution is 2.43. The lowest BCUT2D eigenvalue weighted by Gasteiger charge is -2.31. The van der Waals surface area contributed by atoms with E-state index in [0.29, 0.717) is 6.42 Å². The van der Waals surface area contributed by atoms with Gasteiger partial charge >= 0.3 is 5.97 Å². The Morgan fingerprint density at radius 1 is 1.32 bits per heavy atom. The predicted octanol–water partition coefficient (Wildman–Crippen LogP) is 2.77. The molecule has 7 heteroatoms. The Kier molecular flexibility index (Phi) is 4.07. The average Bonchev–Trinajstić information content (AvgIpc) is 3.01. The number of aryl methyl sites for hydroxylation is 2. The van der Waals surface area contributed by atoms with E-state index in [1.807, 2.05) is 13.8 Å². The second-order valence-corrected chi connectivity index (χ2v) is 9.67. The molecule has 122 valence electrons. The molecule has 3 atom stereocenters. The molecule has 0 amide bonds. The maximum Gasteiger partial charge on any atom is 0.322 e. The zero-order chi connectivity index (χ0) is 16.1. The van der Waals surface area contributed by atoms with Crippen molar-refractivity contribution >= 4 is 27.3 Å². The number of fused-ring (bicyclic) bond motifs is 1. The molecule has 1 aromatic rings. The summed E-state index contributed by atoms with van der Waals surface area (Å²) in [5.74, 6) is -0.838. The number of rotatable bonds is 3. The van der Waals surface area contributed by atoms with Gasteiger partial charge in [-0.2, -0.15) is 4.31 Å². The molecule has 0 radical (unpaired) electrons. The quantitative estimate of drug-likeness (QED) is 0.916. The van der Waals surface area contributed by atoms with Crippen molar-refractivity contribution in [2.24, 2.45) is 5.92 Å². The molecule has 2 aliphatic rings. The third-order valence-electron chi connectivity index (χ3n) is 4.99. The van der Waals surface area contributed by atoms with Crippen molar-refractivity contribution in [2.45, 2.75) is 62.2 Å². The van der Waals surface area contributed by atoms with Crippen LogP contribution in [0.25, 0.3) is 0 Å². The normalized spacial score (nSPS) is 29.5. The third-order valence-corrected chi connectivity index (χ3v) is 8.52. The van der Waals surface area contributed by atoms with Crippen LogP contribution in [0.1, 0.15) is 42.5 Å². The predicted molar refractivity (Wildman–Crippen MR) is 84.6 cm³/mol. The second-order valence-electron chi connectivity index (χ2n) is 6.34. The summed E-state index contributed by atoms with van der Waals surface area (Å²) in [5, 5.41) is 9.50. The minimum Gasteiger partial charge on any atom is -0.480 e.